The molecule has 0 heterocycles. The van der Waals surface area contributed by atoms with Crippen molar-refractivity contribution in [2.75, 3.05) is 17.4 Å². The zero-order valence-corrected chi connectivity index (χ0v) is 26.8. The lowest BCUT2D eigenvalue weighted by Gasteiger charge is -2.33. The molecule has 0 aliphatic rings. The maximum Gasteiger partial charge on any atom is 0.264 e. The average Bonchev–Trinajstić information content (AvgIpc) is 2.98. The maximum atomic E-state index is 14.2. The second kappa shape index (κ2) is 15.4. The summed E-state index contributed by atoms with van der Waals surface area (Å²) in [6.07, 6.45) is 2.04. The van der Waals surface area contributed by atoms with E-state index in [0.717, 1.165) is 22.7 Å². The lowest BCUT2D eigenvalue weighted by atomic mass is 10.0. The number of benzene rings is 3. The minimum atomic E-state index is -4.12. The summed E-state index contributed by atoms with van der Waals surface area (Å²) in [6.45, 7) is 7.97. The first-order valence-electron chi connectivity index (χ1n) is 14.2. The van der Waals surface area contributed by atoms with Crippen LogP contribution in [0.25, 0.3) is 0 Å². The molecule has 1 atom stereocenters. The Kier molecular flexibility index (Phi) is 12.3. The zero-order chi connectivity index (χ0) is 30.9. The fourth-order valence-electron chi connectivity index (χ4n) is 4.53. The SMILES string of the molecule is CCCCNC(=O)[C@H](CC)N(Cc1ccc(Cl)c(Cl)c1)C(=O)CN(c1ccc(C(C)C)cc1)S(=O)(=O)c1ccccc1. The molecule has 0 saturated heterocycles. The first-order valence-corrected chi connectivity index (χ1v) is 16.4. The molecule has 7 nitrogen and oxygen atoms in total. The molecule has 10 heteroatoms. The number of rotatable bonds is 14. The van der Waals surface area contributed by atoms with Crippen molar-refractivity contribution in [3.63, 3.8) is 0 Å². The van der Waals surface area contributed by atoms with Gasteiger partial charge < -0.3 is 10.2 Å². The Morgan fingerprint density at radius 1 is 0.905 bits per heavy atom. The third-order valence-electron chi connectivity index (χ3n) is 7.01. The van der Waals surface area contributed by atoms with E-state index in [2.05, 4.69) is 5.32 Å². The van der Waals surface area contributed by atoms with Gasteiger partial charge in [0.25, 0.3) is 10.0 Å². The number of hydrogen-bond donors (Lipinski definition) is 1. The molecule has 0 aliphatic carbocycles. The molecule has 3 aromatic carbocycles. The van der Waals surface area contributed by atoms with E-state index in [9.17, 15) is 18.0 Å². The molecule has 0 spiro atoms. The van der Waals surface area contributed by atoms with E-state index in [4.69, 9.17) is 23.2 Å². The van der Waals surface area contributed by atoms with Crippen molar-refractivity contribution in [2.45, 2.75) is 70.4 Å². The average molecular weight is 633 g/mol. The van der Waals surface area contributed by atoms with E-state index >= 15 is 0 Å². The minimum absolute atomic E-state index is 0.0426. The Morgan fingerprint density at radius 2 is 1.57 bits per heavy atom. The van der Waals surface area contributed by atoms with Crippen molar-refractivity contribution in [1.82, 2.24) is 10.2 Å². The summed E-state index contributed by atoms with van der Waals surface area (Å²) in [5.41, 5.74) is 2.06. The summed E-state index contributed by atoms with van der Waals surface area (Å²) in [6, 6.07) is 19.3. The van der Waals surface area contributed by atoms with E-state index in [1.165, 1.54) is 17.0 Å². The van der Waals surface area contributed by atoms with Gasteiger partial charge in [-0.25, -0.2) is 8.42 Å². The zero-order valence-electron chi connectivity index (χ0n) is 24.5. The number of nitrogens with one attached hydrogen (secondary N) is 1. The molecule has 1 N–H and O–H groups in total. The summed E-state index contributed by atoms with van der Waals surface area (Å²) in [4.78, 5) is 28.9. The topological polar surface area (TPSA) is 86.8 Å². The number of nitrogens with zero attached hydrogens (tertiary/aromatic N) is 2. The molecule has 3 aromatic rings. The highest BCUT2D eigenvalue weighted by atomic mass is 35.5. The minimum Gasteiger partial charge on any atom is -0.354 e. The molecular formula is C32H39Cl2N3O4S. The third kappa shape index (κ3) is 8.49. The third-order valence-corrected chi connectivity index (χ3v) is 9.54. The Labute approximate surface area is 259 Å². The van der Waals surface area contributed by atoms with Gasteiger partial charge in [-0.15, -0.1) is 0 Å². The van der Waals surface area contributed by atoms with Crippen molar-refractivity contribution >= 4 is 50.7 Å². The van der Waals surface area contributed by atoms with Crippen LogP contribution in [0.1, 0.15) is 64.0 Å². The quantitative estimate of drug-likeness (QED) is 0.193. The number of anilines is 1. The maximum absolute atomic E-state index is 14.2. The van der Waals surface area contributed by atoms with Gasteiger partial charge >= 0.3 is 0 Å². The summed E-state index contributed by atoms with van der Waals surface area (Å²) in [5.74, 6) is -0.567. The predicted octanol–water partition coefficient (Wildman–Crippen LogP) is 7.04. The Morgan fingerprint density at radius 3 is 2.14 bits per heavy atom. The second-order valence-electron chi connectivity index (χ2n) is 10.4. The molecular weight excluding hydrogens is 593 g/mol. The Hall–Kier alpha value is -3.07. The second-order valence-corrected chi connectivity index (χ2v) is 13.1. The van der Waals surface area contributed by atoms with E-state index in [1.807, 2.05) is 39.8 Å². The van der Waals surface area contributed by atoms with Crippen LogP contribution in [-0.2, 0) is 26.2 Å². The van der Waals surface area contributed by atoms with E-state index in [0.29, 0.717) is 34.3 Å². The molecule has 0 saturated carbocycles. The smallest absolute Gasteiger partial charge is 0.264 e. The summed E-state index contributed by atoms with van der Waals surface area (Å²) in [5, 5.41) is 3.61. The van der Waals surface area contributed by atoms with E-state index < -0.39 is 28.5 Å². The molecule has 226 valence electrons. The highest BCUT2D eigenvalue weighted by Crippen LogP contribution is 2.28. The molecule has 0 aromatic heterocycles. The van der Waals surface area contributed by atoms with Gasteiger partial charge in [-0.05, 0) is 66.3 Å². The van der Waals surface area contributed by atoms with Gasteiger partial charge in [0.15, 0.2) is 0 Å². The molecule has 0 aliphatic heterocycles. The number of unbranched alkanes of at least 4 members (excludes halogenated alkanes) is 1. The van der Waals surface area contributed by atoms with Crippen molar-refractivity contribution in [3.8, 4) is 0 Å². The van der Waals surface area contributed by atoms with Crippen LogP contribution in [0, 0.1) is 0 Å². The molecule has 0 unspecified atom stereocenters. The lowest BCUT2D eigenvalue weighted by molar-refractivity contribution is -0.140. The van der Waals surface area contributed by atoms with Crippen LogP contribution in [0.5, 0.6) is 0 Å². The highest BCUT2D eigenvalue weighted by molar-refractivity contribution is 7.92. The number of carbonyl (C=O) groups is 2. The number of hydrogen-bond acceptors (Lipinski definition) is 4. The first-order chi connectivity index (χ1) is 20.0. The van der Waals surface area contributed by atoms with Gasteiger partial charge in [-0.1, -0.05) is 93.7 Å². The van der Waals surface area contributed by atoms with Crippen LogP contribution in [0.2, 0.25) is 10.0 Å². The molecule has 0 fully saturated rings. The largest absolute Gasteiger partial charge is 0.354 e. The number of carbonyl (C=O) groups excluding carboxylic acids is 2. The highest BCUT2D eigenvalue weighted by Gasteiger charge is 2.33. The van der Waals surface area contributed by atoms with Gasteiger partial charge in [0.05, 0.1) is 20.6 Å². The Balaban J connectivity index is 2.05. The van der Waals surface area contributed by atoms with Gasteiger partial charge in [0, 0.05) is 13.1 Å². The standard InChI is InChI=1S/C32H39Cl2N3O4S/c1-5-7-19-35-32(39)30(6-2)36(21-24-13-18-28(33)29(34)20-24)31(38)22-37(26-16-14-25(15-17-26)23(3)4)42(40,41)27-11-9-8-10-12-27/h8-18,20,23,30H,5-7,19,21-22H2,1-4H3,(H,35,39)/t30-/m0/s1. The number of sulfonamides is 1. The summed E-state index contributed by atoms with van der Waals surface area (Å²) < 4.78 is 29.0. The number of amides is 2. The fraction of sp³-hybridized carbons (Fsp3) is 0.375. The molecule has 0 radical (unpaired) electrons. The molecule has 3 rings (SSSR count). The molecule has 42 heavy (non-hydrogen) atoms. The van der Waals surface area contributed by atoms with Gasteiger partial charge in [-0.2, -0.15) is 0 Å². The van der Waals surface area contributed by atoms with Crippen molar-refractivity contribution in [3.05, 3.63) is 94.0 Å². The monoisotopic (exact) mass is 631 g/mol. The van der Waals surface area contributed by atoms with Crippen LogP contribution in [0.15, 0.2) is 77.7 Å². The normalized spacial score (nSPS) is 12.2. The van der Waals surface area contributed by atoms with Crippen LogP contribution >= 0.6 is 23.2 Å². The fourth-order valence-corrected chi connectivity index (χ4v) is 6.29. The predicted molar refractivity (Wildman–Crippen MR) is 171 cm³/mol. The van der Waals surface area contributed by atoms with Crippen LogP contribution < -0.4 is 9.62 Å². The van der Waals surface area contributed by atoms with Crippen molar-refractivity contribution in [2.24, 2.45) is 0 Å². The van der Waals surface area contributed by atoms with E-state index in [1.54, 1.807) is 48.5 Å². The van der Waals surface area contributed by atoms with Crippen molar-refractivity contribution < 1.29 is 18.0 Å². The van der Waals surface area contributed by atoms with Gasteiger partial charge in [0.1, 0.15) is 12.6 Å². The number of halogens is 2. The van der Waals surface area contributed by atoms with E-state index in [-0.39, 0.29) is 23.3 Å². The summed E-state index contributed by atoms with van der Waals surface area (Å²) >= 11 is 12.4. The van der Waals surface area contributed by atoms with Crippen LogP contribution in [0.3, 0.4) is 0 Å². The van der Waals surface area contributed by atoms with Crippen LogP contribution in [0.4, 0.5) is 5.69 Å². The molecule has 0 bridgehead atoms. The van der Waals surface area contributed by atoms with Crippen molar-refractivity contribution in [1.29, 1.82) is 0 Å². The van der Waals surface area contributed by atoms with Crippen LogP contribution in [-0.4, -0.2) is 44.3 Å². The molecule has 2 amide bonds. The van der Waals surface area contributed by atoms with Gasteiger partial charge in [-0.3, -0.25) is 13.9 Å². The lowest BCUT2D eigenvalue weighted by Crippen LogP contribution is -2.52. The van der Waals surface area contributed by atoms with Gasteiger partial charge in [0.2, 0.25) is 11.8 Å². The Bertz CT molecular complexity index is 1450. The summed E-state index contributed by atoms with van der Waals surface area (Å²) in [7, 11) is -4.12. The first kappa shape index (κ1) is 33.4.